The third-order valence-corrected chi connectivity index (χ3v) is 3.81. The Kier molecular flexibility index (Phi) is 5.19. The molecule has 114 valence electrons. The van der Waals surface area contributed by atoms with Crippen molar-refractivity contribution in [3.63, 3.8) is 0 Å². The molecule has 0 aromatic heterocycles. The van der Waals surface area contributed by atoms with Crippen molar-refractivity contribution < 1.29 is 24.2 Å². The zero-order chi connectivity index (χ0) is 14.5. The highest BCUT2D eigenvalue weighted by atomic mass is 16.6. The molecular weight excluding hydrogens is 264 g/mol. The van der Waals surface area contributed by atoms with Crippen LogP contribution < -0.4 is 5.32 Å². The molecule has 0 aliphatic carbocycles. The molecule has 2 aliphatic heterocycles. The summed E-state index contributed by atoms with van der Waals surface area (Å²) < 4.78 is 10.7. The summed E-state index contributed by atoms with van der Waals surface area (Å²) in [4.78, 5) is 24.9. The van der Waals surface area contributed by atoms with Gasteiger partial charge in [0.2, 0.25) is 0 Å². The van der Waals surface area contributed by atoms with Gasteiger partial charge in [0.1, 0.15) is 6.04 Å². The summed E-state index contributed by atoms with van der Waals surface area (Å²) in [5, 5.41) is 12.0. The third kappa shape index (κ3) is 3.61. The number of nitrogens with zero attached hydrogens (tertiary/aromatic N) is 1. The van der Waals surface area contributed by atoms with Crippen molar-refractivity contribution in [1.82, 2.24) is 10.2 Å². The van der Waals surface area contributed by atoms with E-state index < -0.39 is 12.0 Å². The molecule has 2 rings (SSSR count). The number of nitrogens with one attached hydrogen (secondary N) is 1. The number of amides is 2. The molecule has 0 radical (unpaired) electrons. The van der Waals surface area contributed by atoms with Crippen LogP contribution in [0.1, 0.15) is 19.8 Å². The average Bonchev–Trinajstić information content (AvgIpc) is 2.45. The van der Waals surface area contributed by atoms with E-state index in [4.69, 9.17) is 9.47 Å². The fourth-order valence-electron chi connectivity index (χ4n) is 2.75. The van der Waals surface area contributed by atoms with Crippen LogP contribution in [0.3, 0.4) is 0 Å². The van der Waals surface area contributed by atoms with E-state index in [1.165, 1.54) is 4.90 Å². The van der Waals surface area contributed by atoms with Crippen LogP contribution in [0, 0.1) is 5.92 Å². The number of rotatable bonds is 3. The minimum Gasteiger partial charge on any atom is -0.480 e. The number of carboxylic acids is 1. The van der Waals surface area contributed by atoms with Gasteiger partial charge in [-0.1, -0.05) is 6.92 Å². The van der Waals surface area contributed by atoms with E-state index in [1.54, 1.807) is 0 Å². The Balaban J connectivity index is 1.87. The van der Waals surface area contributed by atoms with Crippen molar-refractivity contribution in [2.24, 2.45) is 5.92 Å². The summed E-state index contributed by atoms with van der Waals surface area (Å²) in [7, 11) is 0. The number of carboxylic acid groups (broad SMARTS) is 1. The van der Waals surface area contributed by atoms with E-state index >= 15 is 0 Å². The second kappa shape index (κ2) is 6.90. The fourth-order valence-corrected chi connectivity index (χ4v) is 2.75. The van der Waals surface area contributed by atoms with Crippen LogP contribution >= 0.6 is 0 Å². The van der Waals surface area contributed by atoms with Crippen molar-refractivity contribution in [2.45, 2.75) is 31.9 Å². The molecule has 2 fully saturated rings. The van der Waals surface area contributed by atoms with Crippen LogP contribution in [0.5, 0.6) is 0 Å². The Morgan fingerprint density at radius 3 is 2.85 bits per heavy atom. The predicted molar refractivity (Wildman–Crippen MR) is 70.5 cm³/mol. The Bertz CT molecular complexity index is 357. The van der Waals surface area contributed by atoms with Gasteiger partial charge in [-0.25, -0.2) is 9.59 Å². The summed E-state index contributed by atoms with van der Waals surface area (Å²) in [6, 6.07) is -1.08. The molecule has 0 spiro atoms. The van der Waals surface area contributed by atoms with Gasteiger partial charge < -0.3 is 24.8 Å². The lowest BCUT2D eigenvalue weighted by Crippen LogP contribution is -2.56. The summed E-state index contributed by atoms with van der Waals surface area (Å²) in [6.45, 7) is 4.26. The van der Waals surface area contributed by atoms with Gasteiger partial charge in [0, 0.05) is 13.1 Å². The second-order valence-corrected chi connectivity index (χ2v) is 5.35. The first-order chi connectivity index (χ1) is 9.59. The van der Waals surface area contributed by atoms with Gasteiger partial charge in [-0.3, -0.25) is 0 Å². The lowest BCUT2D eigenvalue weighted by Gasteiger charge is -2.37. The van der Waals surface area contributed by atoms with Crippen molar-refractivity contribution in [2.75, 3.05) is 32.9 Å². The largest absolute Gasteiger partial charge is 0.480 e. The first kappa shape index (κ1) is 15.1. The molecule has 2 aliphatic rings. The first-order valence-corrected chi connectivity index (χ1v) is 7.06. The minimum atomic E-state index is -0.940. The zero-order valence-electron chi connectivity index (χ0n) is 11.7. The summed E-state index contributed by atoms with van der Waals surface area (Å²) in [5.74, 6) is -0.967. The van der Waals surface area contributed by atoms with E-state index in [1.807, 2.05) is 6.92 Å². The standard InChI is InChI=1S/C13H22N2O5/c1-9-3-2-4-15(11(9)12(16)17)13(18)14-7-10-8-19-5-6-20-10/h9-11H,2-8H2,1H3,(H,14,18)(H,16,17). The van der Waals surface area contributed by atoms with E-state index in [0.29, 0.717) is 32.9 Å². The number of likely N-dealkylation sites (tertiary alicyclic amines) is 1. The second-order valence-electron chi connectivity index (χ2n) is 5.35. The number of carbonyl (C=O) groups excluding carboxylic acids is 1. The zero-order valence-corrected chi connectivity index (χ0v) is 11.7. The summed E-state index contributed by atoms with van der Waals surface area (Å²) in [6.07, 6.45) is 1.51. The SMILES string of the molecule is CC1CCCN(C(=O)NCC2COCCO2)C1C(=O)O. The van der Waals surface area contributed by atoms with Gasteiger partial charge in [-0.15, -0.1) is 0 Å². The molecule has 7 nitrogen and oxygen atoms in total. The Labute approximate surface area is 118 Å². The molecule has 2 N–H and O–H groups in total. The minimum absolute atomic E-state index is 0.0266. The lowest BCUT2D eigenvalue weighted by molar-refractivity contribution is -0.145. The number of hydrogen-bond donors (Lipinski definition) is 2. The normalized spacial score (nSPS) is 30.9. The molecular formula is C13H22N2O5. The molecule has 0 aromatic rings. The Morgan fingerprint density at radius 2 is 2.20 bits per heavy atom. The van der Waals surface area contributed by atoms with Crippen LogP contribution in [0.4, 0.5) is 4.79 Å². The van der Waals surface area contributed by atoms with Gasteiger partial charge in [0.15, 0.2) is 0 Å². The quantitative estimate of drug-likeness (QED) is 0.779. The topological polar surface area (TPSA) is 88.1 Å². The van der Waals surface area contributed by atoms with E-state index in [-0.39, 0.29) is 18.1 Å². The van der Waals surface area contributed by atoms with Gasteiger partial charge >= 0.3 is 12.0 Å². The van der Waals surface area contributed by atoms with Crippen molar-refractivity contribution >= 4 is 12.0 Å². The Morgan fingerprint density at radius 1 is 1.40 bits per heavy atom. The smallest absolute Gasteiger partial charge is 0.326 e. The maximum atomic E-state index is 12.2. The van der Waals surface area contributed by atoms with Gasteiger partial charge in [0.05, 0.1) is 25.9 Å². The number of hydrogen-bond acceptors (Lipinski definition) is 4. The number of urea groups is 1. The van der Waals surface area contributed by atoms with Gasteiger partial charge in [-0.2, -0.15) is 0 Å². The van der Waals surface area contributed by atoms with E-state index in [9.17, 15) is 14.7 Å². The molecule has 3 unspecified atom stereocenters. The number of carbonyl (C=O) groups is 2. The number of piperidine rings is 1. The third-order valence-electron chi connectivity index (χ3n) is 3.81. The van der Waals surface area contributed by atoms with Crippen molar-refractivity contribution in [3.8, 4) is 0 Å². The highest BCUT2D eigenvalue weighted by Crippen LogP contribution is 2.23. The molecule has 7 heteroatoms. The van der Waals surface area contributed by atoms with Crippen LogP contribution in [-0.2, 0) is 14.3 Å². The van der Waals surface area contributed by atoms with Crippen LogP contribution in [-0.4, -0.2) is 67.1 Å². The van der Waals surface area contributed by atoms with Crippen molar-refractivity contribution in [3.05, 3.63) is 0 Å². The maximum absolute atomic E-state index is 12.2. The van der Waals surface area contributed by atoms with Gasteiger partial charge in [-0.05, 0) is 18.8 Å². The van der Waals surface area contributed by atoms with Crippen LogP contribution in [0.25, 0.3) is 0 Å². The molecule has 2 saturated heterocycles. The molecule has 0 aromatic carbocycles. The van der Waals surface area contributed by atoms with Gasteiger partial charge in [0.25, 0.3) is 0 Å². The number of aliphatic carboxylic acids is 1. The maximum Gasteiger partial charge on any atom is 0.326 e. The van der Waals surface area contributed by atoms with Crippen LogP contribution in [0.2, 0.25) is 0 Å². The fraction of sp³-hybridized carbons (Fsp3) is 0.846. The summed E-state index contributed by atoms with van der Waals surface area (Å²) >= 11 is 0. The lowest BCUT2D eigenvalue weighted by atomic mass is 9.91. The Hall–Kier alpha value is -1.34. The molecule has 0 bridgehead atoms. The highest BCUT2D eigenvalue weighted by molar-refractivity contribution is 5.83. The monoisotopic (exact) mass is 286 g/mol. The molecule has 2 heterocycles. The van der Waals surface area contributed by atoms with Crippen LogP contribution in [0.15, 0.2) is 0 Å². The van der Waals surface area contributed by atoms with E-state index in [0.717, 1.165) is 12.8 Å². The predicted octanol–water partition coefficient (Wildman–Crippen LogP) is 0.297. The number of ether oxygens (including phenoxy) is 2. The molecule has 3 atom stereocenters. The summed E-state index contributed by atoms with van der Waals surface area (Å²) in [5.41, 5.74) is 0. The molecule has 20 heavy (non-hydrogen) atoms. The van der Waals surface area contributed by atoms with E-state index in [2.05, 4.69) is 5.32 Å². The highest BCUT2D eigenvalue weighted by Gasteiger charge is 2.37. The molecule has 2 amide bonds. The average molecular weight is 286 g/mol. The first-order valence-electron chi connectivity index (χ1n) is 7.06. The van der Waals surface area contributed by atoms with Crippen molar-refractivity contribution in [1.29, 1.82) is 0 Å². The molecule has 0 saturated carbocycles.